The zero-order valence-corrected chi connectivity index (χ0v) is 17.5. The highest BCUT2D eigenvalue weighted by molar-refractivity contribution is 7.92. The molecule has 0 saturated heterocycles. The van der Waals surface area contributed by atoms with Crippen LogP contribution in [-0.4, -0.2) is 48.4 Å². The maximum atomic E-state index is 11.9. The van der Waals surface area contributed by atoms with Crippen molar-refractivity contribution >= 4 is 34.8 Å². The maximum absolute atomic E-state index is 11.9. The fraction of sp³-hybridized carbons (Fsp3) is 0.444. The number of hydrogen-bond donors (Lipinski definition) is 1. The second-order valence-electron chi connectivity index (χ2n) is 7.72. The molecule has 8 heteroatoms. The smallest absolute Gasteiger partial charge is 0.324 e. The van der Waals surface area contributed by atoms with E-state index in [1.54, 1.807) is 10.9 Å². The van der Waals surface area contributed by atoms with Crippen LogP contribution in [0.2, 0.25) is 19.6 Å². The molecule has 0 aliphatic carbocycles. The summed E-state index contributed by atoms with van der Waals surface area (Å²) >= 11 is 0. The predicted octanol–water partition coefficient (Wildman–Crippen LogP) is 2.54. The maximum Gasteiger partial charge on any atom is 0.324 e. The first-order valence-corrected chi connectivity index (χ1v) is 13.6. The molecule has 2 aromatic rings. The van der Waals surface area contributed by atoms with Crippen LogP contribution in [0, 0.1) is 11.5 Å². The number of aryl methyl sites for hydroxylation is 1. The molecule has 140 valence electrons. The molecule has 0 radical (unpaired) electrons. The van der Waals surface area contributed by atoms with E-state index in [0.29, 0.717) is 0 Å². The van der Waals surface area contributed by atoms with Crippen molar-refractivity contribution in [2.45, 2.75) is 44.3 Å². The standard InChI is InChI=1S/C18H24N2O4SSi/c1-18(17(21)22,25(2,23)24)9-10-20-13-15-12-14(6-7-16(15)19-20)8-11-26(3,4)5/h6-7,12-13H,9-10H2,1-5H3,(H,21,22). The average Bonchev–Trinajstić information content (AvgIpc) is 2.90. The summed E-state index contributed by atoms with van der Waals surface area (Å²) in [5, 5.41) is 14.6. The van der Waals surface area contributed by atoms with Crippen LogP contribution in [0.4, 0.5) is 0 Å². The highest BCUT2D eigenvalue weighted by Gasteiger charge is 2.43. The Balaban J connectivity index is 2.26. The third-order valence-electron chi connectivity index (χ3n) is 4.22. The quantitative estimate of drug-likeness (QED) is 0.624. The summed E-state index contributed by atoms with van der Waals surface area (Å²) in [7, 11) is -5.21. The van der Waals surface area contributed by atoms with Gasteiger partial charge in [0.1, 0.15) is 8.07 Å². The first-order valence-electron chi connectivity index (χ1n) is 8.25. The van der Waals surface area contributed by atoms with Crippen molar-refractivity contribution in [1.82, 2.24) is 9.78 Å². The molecule has 1 heterocycles. The molecule has 1 aromatic heterocycles. The molecule has 0 bridgehead atoms. The van der Waals surface area contributed by atoms with E-state index in [-0.39, 0.29) is 13.0 Å². The van der Waals surface area contributed by atoms with Gasteiger partial charge in [0.2, 0.25) is 0 Å². The topological polar surface area (TPSA) is 89.3 Å². The van der Waals surface area contributed by atoms with Gasteiger partial charge in [-0.2, -0.15) is 5.10 Å². The zero-order valence-electron chi connectivity index (χ0n) is 15.7. The molecule has 0 aliphatic rings. The van der Waals surface area contributed by atoms with Gasteiger partial charge in [0.05, 0.1) is 5.52 Å². The molecule has 26 heavy (non-hydrogen) atoms. The van der Waals surface area contributed by atoms with Gasteiger partial charge in [-0.25, -0.2) is 8.42 Å². The zero-order chi connectivity index (χ0) is 19.8. The Morgan fingerprint density at radius 2 is 2.00 bits per heavy atom. The SMILES string of the molecule is CC(CCn1cc2cc(C#C[Si](C)(C)C)ccc2n1)(C(=O)O)S(C)(=O)=O. The summed E-state index contributed by atoms with van der Waals surface area (Å²) in [6.07, 6.45) is 2.68. The lowest BCUT2D eigenvalue weighted by Crippen LogP contribution is -2.43. The fourth-order valence-electron chi connectivity index (χ4n) is 2.31. The van der Waals surface area contributed by atoms with Gasteiger partial charge in [0.25, 0.3) is 0 Å². The number of benzene rings is 1. The number of carboxylic acids is 1. The van der Waals surface area contributed by atoms with Gasteiger partial charge >= 0.3 is 5.97 Å². The number of nitrogens with zero attached hydrogens (tertiary/aromatic N) is 2. The summed E-state index contributed by atoms with van der Waals surface area (Å²) in [5.41, 5.74) is 4.99. The Bertz CT molecular complexity index is 1010. The second kappa shape index (κ2) is 6.89. The van der Waals surface area contributed by atoms with E-state index in [2.05, 4.69) is 36.2 Å². The number of rotatable bonds is 5. The molecule has 1 aromatic carbocycles. The Morgan fingerprint density at radius 3 is 2.54 bits per heavy atom. The third-order valence-corrected chi connectivity index (χ3v) is 7.11. The van der Waals surface area contributed by atoms with Crippen LogP contribution in [0.15, 0.2) is 24.4 Å². The monoisotopic (exact) mass is 392 g/mol. The van der Waals surface area contributed by atoms with E-state index >= 15 is 0 Å². The minimum Gasteiger partial charge on any atom is -0.480 e. The summed E-state index contributed by atoms with van der Waals surface area (Å²) in [6.45, 7) is 7.96. The lowest BCUT2D eigenvalue weighted by atomic mass is 10.1. The number of carbonyl (C=O) groups is 1. The van der Waals surface area contributed by atoms with E-state index < -0.39 is 28.6 Å². The number of sulfone groups is 1. The molecular formula is C18H24N2O4SSi. The van der Waals surface area contributed by atoms with Crippen molar-refractivity contribution in [3.05, 3.63) is 30.0 Å². The number of aromatic nitrogens is 2. The molecule has 2 rings (SSSR count). The second-order valence-corrected chi connectivity index (χ2v) is 14.9. The van der Waals surface area contributed by atoms with Crippen LogP contribution in [0.25, 0.3) is 10.9 Å². The van der Waals surface area contributed by atoms with E-state index in [1.165, 1.54) is 6.92 Å². The van der Waals surface area contributed by atoms with Crippen LogP contribution in [0.5, 0.6) is 0 Å². The number of fused-ring (bicyclic) bond motifs is 1. The molecule has 1 N–H and O–H groups in total. The molecule has 1 unspecified atom stereocenters. The van der Waals surface area contributed by atoms with E-state index in [0.717, 1.165) is 22.7 Å². The molecule has 0 spiro atoms. The lowest BCUT2D eigenvalue weighted by molar-refractivity contribution is -0.139. The van der Waals surface area contributed by atoms with Crippen molar-refractivity contribution in [3.8, 4) is 11.5 Å². The Hall–Kier alpha value is -2.11. The first kappa shape index (κ1) is 20.2. The third kappa shape index (κ3) is 4.53. The van der Waals surface area contributed by atoms with E-state index in [9.17, 15) is 18.3 Å². The Labute approximate surface area is 155 Å². The molecule has 0 amide bonds. The van der Waals surface area contributed by atoms with E-state index in [4.69, 9.17) is 0 Å². The van der Waals surface area contributed by atoms with E-state index in [1.807, 2.05) is 18.2 Å². The van der Waals surface area contributed by atoms with Crippen LogP contribution in [0.1, 0.15) is 18.9 Å². The summed E-state index contributed by atoms with van der Waals surface area (Å²) < 4.78 is 23.5. The Kier molecular flexibility index (Phi) is 5.35. The molecule has 6 nitrogen and oxygen atoms in total. The molecular weight excluding hydrogens is 368 g/mol. The normalized spacial score (nSPS) is 14.5. The lowest BCUT2D eigenvalue weighted by Gasteiger charge is -2.22. The first-order chi connectivity index (χ1) is 11.8. The molecule has 1 atom stereocenters. The summed E-state index contributed by atoms with van der Waals surface area (Å²) in [4.78, 5) is 11.4. The molecule has 0 saturated carbocycles. The Morgan fingerprint density at radius 1 is 1.35 bits per heavy atom. The highest BCUT2D eigenvalue weighted by Crippen LogP contribution is 2.23. The van der Waals surface area contributed by atoms with Crippen molar-refractivity contribution in [2.24, 2.45) is 0 Å². The highest BCUT2D eigenvalue weighted by atomic mass is 32.2. The molecule has 0 fully saturated rings. The van der Waals surface area contributed by atoms with Crippen molar-refractivity contribution in [1.29, 1.82) is 0 Å². The predicted molar refractivity (Wildman–Crippen MR) is 105 cm³/mol. The van der Waals surface area contributed by atoms with Crippen LogP contribution in [-0.2, 0) is 21.2 Å². The van der Waals surface area contributed by atoms with Gasteiger partial charge in [-0.1, -0.05) is 25.6 Å². The van der Waals surface area contributed by atoms with Gasteiger partial charge in [0.15, 0.2) is 14.6 Å². The van der Waals surface area contributed by atoms with Crippen molar-refractivity contribution in [2.75, 3.05) is 6.26 Å². The fourth-order valence-corrected chi connectivity index (χ4v) is 3.61. The van der Waals surface area contributed by atoms with Crippen LogP contribution in [0.3, 0.4) is 0 Å². The van der Waals surface area contributed by atoms with Gasteiger partial charge in [0, 0.05) is 29.9 Å². The van der Waals surface area contributed by atoms with Gasteiger partial charge < -0.3 is 5.11 Å². The van der Waals surface area contributed by atoms with Crippen molar-refractivity contribution < 1.29 is 18.3 Å². The van der Waals surface area contributed by atoms with Gasteiger partial charge in [-0.05, 0) is 31.5 Å². The minimum atomic E-state index is -3.75. The van der Waals surface area contributed by atoms with Gasteiger partial charge in [-0.3, -0.25) is 9.48 Å². The average molecular weight is 393 g/mol. The number of hydrogen-bond acceptors (Lipinski definition) is 4. The van der Waals surface area contributed by atoms with Gasteiger partial charge in [-0.15, -0.1) is 5.54 Å². The summed E-state index contributed by atoms with van der Waals surface area (Å²) in [5.74, 6) is 1.85. The largest absolute Gasteiger partial charge is 0.480 e. The minimum absolute atomic E-state index is 0.0581. The number of carboxylic acid groups (broad SMARTS) is 1. The van der Waals surface area contributed by atoms with Crippen LogP contribution < -0.4 is 0 Å². The van der Waals surface area contributed by atoms with Crippen molar-refractivity contribution in [3.63, 3.8) is 0 Å². The summed E-state index contributed by atoms with van der Waals surface area (Å²) in [6, 6.07) is 5.72. The molecule has 0 aliphatic heterocycles. The van der Waals surface area contributed by atoms with Crippen LogP contribution >= 0.6 is 0 Å². The number of aliphatic carboxylic acids is 1.